The minimum Gasteiger partial charge on any atom is -0.303 e. The lowest BCUT2D eigenvalue weighted by Gasteiger charge is -2.27. The predicted octanol–water partition coefficient (Wildman–Crippen LogP) is 3.29. The molecular formula is C16H20FN3. The van der Waals surface area contributed by atoms with E-state index in [2.05, 4.69) is 10.4 Å². The molecule has 0 fully saturated rings. The van der Waals surface area contributed by atoms with Gasteiger partial charge in [0.05, 0.1) is 6.20 Å². The molecule has 1 aromatic carbocycles. The smallest absolute Gasteiger partial charge is 0.127 e. The number of aryl methyl sites for hydroxylation is 1. The zero-order valence-electron chi connectivity index (χ0n) is 11.9. The molecule has 2 aromatic rings. The van der Waals surface area contributed by atoms with Crippen LogP contribution in [0.4, 0.5) is 4.39 Å². The molecule has 3 rings (SSSR count). The number of nitrogens with zero attached hydrogens (tertiary/aromatic N) is 2. The quantitative estimate of drug-likeness (QED) is 0.930. The number of nitrogens with one attached hydrogen (secondary N) is 1. The Morgan fingerprint density at radius 2 is 2.20 bits per heavy atom. The summed E-state index contributed by atoms with van der Waals surface area (Å²) in [6.45, 7) is 2.02. The Morgan fingerprint density at radius 3 is 3.00 bits per heavy atom. The highest BCUT2D eigenvalue weighted by Crippen LogP contribution is 2.31. The fraction of sp³-hybridized carbons (Fsp3) is 0.438. The zero-order chi connectivity index (χ0) is 14.1. The monoisotopic (exact) mass is 273 g/mol. The van der Waals surface area contributed by atoms with E-state index in [0.717, 1.165) is 24.8 Å². The largest absolute Gasteiger partial charge is 0.303 e. The van der Waals surface area contributed by atoms with Gasteiger partial charge in [0.15, 0.2) is 0 Å². The van der Waals surface area contributed by atoms with Crippen molar-refractivity contribution in [2.45, 2.75) is 38.3 Å². The summed E-state index contributed by atoms with van der Waals surface area (Å²) in [5, 5.41) is 7.90. The number of hydrogen-bond acceptors (Lipinski definition) is 2. The van der Waals surface area contributed by atoms with Crippen molar-refractivity contribution in [2.75, 3.05) is 0 Å². The third-order valence-corrected chi connectivity index (χ3v) is 4.20. The molecule has 1 aromatic heterocycles. The summed E-state index contributed by atoms with van der Waals surface area (Å²) in [6, 6.07) is 7.23. The molecule has 0 aliphatic heterocycles. The average Bonchev–Trinajstić information content (AvgIpc) is 2.82. The van der Waals surface area contributed by atoms with Crippen LogP contribution in [-0.4, -0.2) is 9.78 Å². The first-order valence-corrected chi connectivity index (χ1v) is 7.18. The Hall–Kier alpha value is -1.68. The van der Waals surface area contributed by atoms with Gasteiger partial charge in [-0.25, -0.2) is 4.39 Å². The van der Waals surface area contributed by atoms with Crippen LogP contribution < -0.4 is 5.32 Å². The van der Waals surface area contributed by atoms with E-state index >= 15 is 0 Å². The van der Waals surface area contributed by atoms with Crippen LogP contribution in [0, 0.1) is 5.82 Å². The lowest BCUT2D eigenvalue weighted by Crippen LogP contribution is -2.28. The molecule has 0 radical (unpaired) electrons. The van der Waals surface area contributed by atoms with Crippen molar-refractivity contribution in [2.24, 2.45) is 7.05 Å². The Morgan fingerprint density at radius 1 is 1.40 bits per heavy atom. The highest BCUT2D eigenvalue weighted by Gasteiger charge is 2.25. The van der Waals surface area contributed by atoms with Crippen LogP contribution in [0.5, 0.6) is 0 Å². The van der Waals surface area contributed by atoms with Crippen LogP contribution in [0.25, 0.3) is 0 Å². The summed E-state index contributed by atoms with van der Waals surface area (Å²) in [5.74, 6) is -0.144. The molecule has 1 aliphatic rings. The van der Waals surface area contributed by atoms with Gasteiger partial charge >= 0.3 is 0 Å². The Balaban J connectivity index is 1.81. The van der Waals surface area contributed by atoms with E-state index in [4.69, 9.17) is 0 Å². The molecule has 0 bridgehead atoms. The van der Waals surface area contributed by atoms with Gasteiger partial charge in [-0.05, 0) is 32.3 Å². The molecule has 1 aliphatic carbocycles. The fourth-order valence-electron chi connectivity index (χ4n) is 3.10. The molecular weight excluding hydrogens is 253 g/mol. The number of rotatable bonds is 3. The summed E-state index contributed by atoms with van der Waals surface area (Å²) in [4.78, 5) is 0. The molecule has 1 N–H and O–H groups in total. The van der Waals surface area contributed by atoms with E-state index in [1.807, 2.05) is 37.0 Å². The van der Waals surface area contributed by atoms with Crippen LogP contribution in [0.3, 0.4) is 0 Å². The van der Waals surface area contributed by atoms with E-state index in [-0.39, 0.29) is 17.9 Å². The van der Waals surface area contributed by atoms with Crippen molar-refractivity contribution >= 4 is 0 Å². The van der Waals surface area contributed by atoms with Crippen LogP contribution in [0.2, 0.25) is 0 Å². The van der Waals surface area contributed by atoms with Gasteiger partial charge < -0.3 is 5.32 Å². The third-order valence-electron chi connectivity index (χ3n) is 4.20. The summed E-state index contributed by atoms with van der Waals surface area (Å²) in [7, 11) is 1.99. The molecule has 3 nitrogen and oxygen atoms in total. The normalized spacial score (nSPS) is 19.6. The molecule has 106 valence electrons. The number of halogens is 1. The molecule has 0 spiro atoms. The Kier molecular flexibility index (Phi) is 3.57. The van der Waals surface area contributed by atoms with Crippen molar-refractivity contribution in [3.63, 3.8) is 0 Å². The van der Waals surface area contributed by atoms with Gasteiger partial charge in [-0.15, -0.1) is 0 Å². The Bertz CT molecular complexity index is 606. The van der Waals surface area contributed by atoms with Crippen molar-refractivity contribution < 1.29 is 4.39 Å². The molecule has 20 heavy (non-hydrogen) atoms. The number of benzene rings is 1. The van der Waals surface area contributed by atoms with Crippen LogP contribution in [0.15, 0.2) is 30.5 Å². The van der Waals surface area contributed by atoms with Crippen molar-refractivity contribution in [1.29, 1.82) is 0 Å². The first-order valence-electron chi connectivity index (χ1n) is 7.18. The van der Waals surface area contributed by atoms with Crippen LogP contribution in [-0.2, 0) is 13.5 Å². The third kappa shape index (κ3) is 2.36. The van der Waals surface area contributed by atoms with Crippen LogP contribution >= 0.6 is 0 Å². The lowest BCUT2D eigenvalue weighted by molar-refractivity contribution is 0.403. The minimum atomic E-state index is -0.144. The zero-order valence-corrected chi connectivity index (χ0v) is 11.9. The minimum absolute atomic E-state index is 0.00708. The number of hydrogen-bond donors (Lipinski definition) is 1. The van der Waals surface area contributed by atoms with Gasteiger partial charge in [-0.3, -0.25) is 4.68 Å². The van der Waals surface area contributed by atoms with Gasteiger partial charge in [0.2, 0.25) is 0 Å². The molecule has 0 saturated carbocycles. The molecule has 0 amide bonds. The van der Waals surface area contributed by atoms with Crippen molar-refractivity contribution in [3.8, 4) is 0 Å². The van der Waals surface area contributed by atoms with E-state index in [9.17, 15) is 4.39 Å². The predicted molar refractivity (Wildman–Crippen MR) is 76.8 cm³/mol. The average molecular weight is 273 g/mol. The Labute approximate surface area is 118 Å². The van der Waals surface area contributed by atoms with E-state index in [1.165, 1.54) is 17.3 Å². The van der Waals surface area contributed by atoms with Crippen LogP contribution in [0.1, 0.15) is 48.7 Å². The second-order valence-electron chi connectivity index (χ2n) is 5.52. The molecule has 1 heterocycles. The molecule has 2 atom stereocenters. The van der Waals surface area contributed by atoms with Crippen molar-refractivity contribution in [3.05, 3.63) is 53.1 Å². The maximum atomic E-state index is 13.8. The summed E-state index contributed by atoms with van der Waals surface area (Å²) in [6.07, 6.45) is 5.25. The number of fused-ring (bicyclic) bond motifs is 1. The van der Waals surface area contributed by atoms with Gasteiger partial charge in [-0.1, -0.05) is 18.2 Å². The van der Waals surface area contributed by atoms with Gasteiger partial charge in [0, 0.05) is 36.0 Å². The summed E-state index contributed by atoms with van der Waals surface area (Å²) >= 11 is 0. The highest BCUT2D eigenvalue weighted by atomic mass is 19.1. The maximum Gasteiger partial charge on any atom is 0.127 e. The van der Waals surface area contributed by atoms with E-state index in [0.29, 0.717) is 0 Å². The first-order chi connectivity index (χ1) is 9.66. The van der Waals surface area contributed by atoms with E-state index < -0.39 is 0 Å². The first kappa shape index (κ1) is 13.3. The SMILES string of the molecule is C[C@@H](NC1CCCc2c1cnn2C)c1ccccc1F. The second kappa shape index (κ2) is 5.37. The van der Waals surface area contributed by atoms with Crippen molar-refractivity contribution in [1.82, 2.24) is 15.1 Å². The molecule has 4 heteroatoms. The lowest BCUT2D eigenvalue weighted by atomic mass is 9.92. The maximum absolute atomic E-state index is 13.8. The van der Waals surface area contributed by atoms with Gasteiger partial charge in [0.1, 0.15) is 5.82 Å². The number of aromatic nitrogens is 2. The van der Waals surface area contributed by atoms with Gasteiger partial charge in [-0.2, -0.15) is 5.10 Å². The van der Waals surface area contributed by atoms with E-state index in [1.54, 1.807) is 6.07 Å². The standard InChI is InChI=1S/C16H20FN3/c1-11(12-6-3-4-7-14(12)17)19-15-8-5-9-16-13(15)10-18-20(16)2/h3-4,6-7,10-11,15,19H,5,8-9H2,1-2H3/t11-,15?/m1/s1. The van der Waals surface area contributed by atoms with Gasteiger partial charge in [0.25, 0.3) is 0 Å². The second-order valence-corrected chi connectivity index (χ2v) is 5.52. The topological polar surface area (TPSA) is 29.9 Å². The molecule has 0 saturated heterocycles. The highest BCUT2D eigenvalue weighted by molar-refractivity contribution is 5.26. The summed E-state index contributed by atoms with van der Waals surface area (Å²) in [5.41, 5.74) is 3.29. The molecule has 1 unspecified atom stereocenters. The fourth-order valence-corrected chi connectivity index (χ4v) is 3.10. The summed E-state index contributed by atoms with van der Waals surface area (Å²) < 4.78 is 15.8.